The number of aryl methyl sites for hydroxylation is 1. The predicted molar refractivity (Wildman–Crippen MR) is 67.4 cm³/mol. The van der Waals surface area contributed by atoms with Gasteiger partial charge in [0.05, 0.1) is 6.20 Å². The number of nitrogens with one attached hydrogen (secondary N) is 1. The second-order valence-electron chi connectivity index (χ2n) is 4.46. The third-order valence-corrected chi connectivity index (χ3v) is 2.86. The molecule has 4 nitrogen and oxygen atoms in total. The Morgan fingerprint density at radius 1 is 1.50 bits per heavy atom. The normalized spacial score (nSPS) is 11.6. The smallest absolute Gasteiger partial charge is 0.0534 e. The van der Waals surface area contributed by atoms with Gasteiger partial charge < -0.3 is 10.2 Å². The van der Waals surface area contributed by atoms with Gasteiger partial charge in [-0.1, -0.05) is 0 Å². The summed E-state index contributed by atoms with van der Waals surface area (Å²) in [6.07, 6.45) is 4.03. The van der Waals surface area contributed by atoms with Crippen molar-refractivity contribution in [2.45, 2.75) is 39.9 Å². The number of aromatic nitrogens is 2. The molecule has 92 valence electrons. The molecule has 0 aliphatic carbocycles. The summed E-state index contributed by atoms with van der Waals surface area (Å²) in [5.74, 6) is 0. The van der Waals surface area contributed by atoms with Crippen molar-refractivity contribution in [3.8, 4) is 0 Å². The Morgan fingerprint density at radius 2 is 2.25 bits per heavy atom. The molecule has 0 fully saturated rings. The van der Waals surface area contributed by atoms with Crippen molar-refractivity contribution in [1.82, 2.24) is 20.0 Å². The molecule has 1 aromatic heterocycles. The minimum Gasteiger partial charge on any atom is -0.311 e. The van der Waals surface area contributed by atoms with E-state index in [9.17, 15) is 0 Å². The average Bonchev–Trinajstić information content (AvgIpc) is 2.71. The highest BCUT2D eigenvalue weighted by Crippen LogP contribution is 1.97. The van der Waals surface area contributed by atoms with Crippen LogP contribution in [-0.4, -0.2) is 40.9 Å². The molecule has 0 saturated carbocycles. The van der Waals surface area contributed by atoms with Crippen LogP contribution in [0.4, 0.5) is 0 Å². The van der Waals surface area contributed by atoms with Crippen LogP contribution >= 0.6 is 0 Å². The Kier molecular flexibility index (Phi) is 5.49. The molecular formula is C12H24N4. The van der Waals surface area contributed by atoms with Gasteiger partial charge in [-0.05, 0) is 27.8 Å². The van der Waals surface area contributed by atoms with Crippen LogP contribution in [0.2, 0.25) is 0 Å². The van der Waals surface area contributed by atoms with Crippen LogP contribution in [0.25, 0.3) is 0 Å². The van der Waals surface area contributed by atoms with Crippen LogP contribution in [0, 0.1) is 0 Å². The highest BCUT2D eigenvalue weighted by Gasteiger charge is 2.02. The van der Waals surface area contributed by atoms with Crippen molar-refractivity contribution < 1.29 is 0 Å². The summed E-state index contributed by atoms with van der Waals surface area (Å²) in [4.78, 5) is 2.34. The van der Waals surface area contributed by atoms with Crippen molar-refractivity contribution in [2.75, 3.05) is 20.1 Å². The lowest BCUT2D eigenvalue weighted by atomic mass is 10.3. The molecule has 0 amide bonds. The van der Waals surface area contributed by atoms with Gasteiger partial charge in [-0.15, -0.1) is 0 Å². The Bertz CT molecular complexity index is 293. The van der Waals surface area contributed by atoms with Crippen molar-refractivity contribution >= 4 is 0 Å². The van der Waals surface area contributed by atoms with Gasteiger partial charge in [0.15, 0.2) is 0 Å². The third-order valence-electron chi connectivity index (χ3n) is 2.86. The maximum Gasteiger partial charge on any atom is 0.0534 e. The van der Waals surface area contributed by atoms with Crippen molar-refractivity contribution in [1.29, 1.82) is 0 Å². The molecule has 0 aliphatic rings. The molecule has 0 radical (unpaired) electrons. The molecule has 16 heavy (non-hydrogen) atoms. The maximum absolute atomic E-state index is 4.24. The summed E-state index contributed by atoms with van der Waals surface area (Å²) in [5.41, 5.74) is 1.26. The molecular weight excluding hydrogens is 200 g/mol. The molecule has 0 unspecified atom stereocenters. The van der Waals surface area contributed by atoms with Crippen LogP contribution in [0.15, 0.2) is 12.4 Å². The van der Waals surface area contributed by atoms with E-state index in [1.165, 1.54) is 5.56 Å². The van der Waals surface area contributed by atoms with E-state index in [0.717, 1.165) is 26.2 Å². The summed E-state index contributed by atoms with van der Waals surface area (Å²) in [6.45, 7) is 10.5. The van der Waals surface area contributed by atoms with Crippen LogP contribution in [0.3, 0.4) is 0 Å². The van der Waals surface area contributed by atoms with Gasteiger partial charge in [-0.25, -0.2) is 0 Å². The summed E-state index contributed by atoms with van der Waals surface area (Å²) < 4.78 is 1.96. The van der Waals surface area contributed by atoms with Crippen LogP contribution < -0.4 is 5.32 Å². The van der Waals surface area contributed by atoms with E-state index >= 15 is 0 Å². The average molecular weight is 224 g/mol. The maximum atomic E-state index is 4.24. The fourth-order valence-corrected chi connectivity index (χ4v) is 1.42. The monoisotopic (exact) mass is 224 g/mol. The minimum atomic E-state index is 0.615. The molecule has 0 aliphatic heterocycles. The Hall–Kier alpha value is -0.870. The second kappa shape index (κ2) is 6.66. The highest BCUT2D eigenvalue weighted by molar-refractivity contribution is 5.02. The molecule has 4 heteroatoms. The molecule has 0 bridgehead atoms. The standard InChI is InChI=1S/C12H24N4/c1-5-16-10-12(9-14-16)8-13-6-7-15(4)11(2)3/h9-11,13H,5-8H2,1-4H3. The first-order valence-electron chi connectivity index (χ1n) is 6.05. The first-order chi connectivity index (χ1) is 7.63. The van der Waals surface area contributed by atoms with E-state index < -0.39 is 0 Å². The largest absolute Gasteiger partial charge is 0.311 e. The zero-order valence-corrected chi connectivity index (χ0v) is 10.9. The SMILES string of the molecule is CCn1cc(CNCCN(C)C(C)C)cn1. The fraction of sp³-hybridized carbons (Fsp3) is 0.750. The number of hydrogen-bond donors (Lipinski definition) is 1. The van der Waals surface area contributed by atoms with Gasteiger partial charge in [0.2, 0.25) is 0 Å². The summed E-state index contributed by atoms with van der Waals surface area (Å²) in [6, 6.07) is 0.615. The van der Waals surface area contributed by atoms with Gasteiger partial charge in [0, 0.05) is 44.0 Å². The molecule has 0 saturated heterocycles. The van der Waals surface area contributed by atoms with Gasteiger partial charge in [0.1, 0.15) is 0 Å². The predicted octanol–water partition coefficient (Wildman–Crippen LogP) is 1.33. The molecule has 1 rings (SSSR count). The molecule has 0 atom stereocenters. The Morgan fingerprint density at radius 3 is 2.81 bits per heavy atom. The van der Waals surface area contributed by atoms with E-state index in [-0.39, 0.29) is 0 Å². The number of rotatable bonds is 7. The van der Waals surface area contributed by atoms with Crippen LogP contribution in [-0.2, 0) is 13.1 Å². The lowest BCUT2D eigenvalue weighted by Gasteiger charge is -2.20. The van der Waals surface area contributed by atoms with Gasteiger partial charge >= 0.3 is 0 Å². The molecule has 1 aromatic rings. The van der Waals surface area contributed by atoms with Gasteiger partial charge in [0.25, 0.3) is 0 Å². The zero-order chi connectivity index (χ0) is 12.0. The van der Waals surface area contributed by atoms with Crippen LogP contribution in [0.1, 0.15) is 26.3 Å². The minimum absolute atomic E-state index is 0.615. The van der Waals surface area contributed by atoms with E-state index in [1.807, 2.05) is 10.9 Å². The third kappa shape index (κ3) is 4.33. The highest BCUT2D eigenvalue weighted by atomic mass is 15.3. The fourth-order valence-electron chi connectivity index (χ4n) is 1.42. The number of hydrogen-bond acceptors (Lipinski definition) is 3. The van der Waals surface area contributed by atoms with Gasteiger partial charge in [-0.3, -0.25) is 4.68 Å². The second-order valence-corrected chi connectivity index (χ2v) is 4.46. The molecule has 0 spiro atoms. The van der Waals surface area contributed by atoms with E-state index in [4.69, 9.17) is 0 Å². The first kappa shape index (κ1) is 13.2. The Balaban J connectivity index is 2.16. The molecule has 0 aromatic carbocycles. The van der Waals surface area contributed by atoms with Gasteiger partial charge in [-0.2, -0.15) is 5.10 Å². The quantitative estimate of drug-likeness (QED) is 0.709. The van der Waals surface area contributed by atoms with Crippen LogP contribution in [0.5, 0.6) is 0 Å². The lowest BCUT2D eigenvalue weighted by Crippen LogP contribution is -2.33. The van der Waals surface area contributed by atoms with E-state index in [1.54, 1.807) is 0 Å². The Labute approximate surface area is 98.6 Å². The summed E-state index contributed by atoms with van der Waals surface area (Å²) in [7, 11) is 2.15. The number of likely N-dealkylation sites (N-methyl/N-ethyl adjacent to an activating group) is 1. The molecule has 1 heterocycles. The zero-order valence-electron chi connectivity index (χ0n) is 10.9. The lowest BCUT2D eigenvalue weighted by molar-refractivity contribution is 0.273. The summed E-state index contributed by atoms with van der Waals surface area (Å²) in [5, 5.41) is 7.67. The summed E-state index contributed by atoms with van der Waals surface area (Å²) >= 11 is 0. The van der Waals surface area contributed by atoms with E-state index in [2.05, 4.69) is 49.3 Å². The number of nitrogens with zero attached hydrogens (tertiary/aromatic N) is 3. The topological polar surface area (TPSA) is 33.1 Å². The molecule has 1 N–H and O–H groups in total. The van der Waals surface area contributed by atoms with Crippen molar-refractivity contribution in [2.24, 2.45) is 0 Å². The first-order valence-corrected chi connectivity index (χ1v) is 6.05. The van der Waals surface area contributed by atoms with Crippen molar-refractivity contribution in [3.05, 3.63) is 18.0 Å². The van der Waals surface area contributed by atoms with E-state index in [0.29, 0.717) is 6.04 Å². The van der Waals surface area contributed by atoms with Crippen molar-refractivity contribution in [3.63, 3.8) is 0 Å².